The Bertz CT molecular complexity index is 935. The molecule has 2 saturated heterocycles. The Balaban J connectivity index is 1.59. The number of fused-ring (bicyclic) bond motifs is 2. The molecule has 1 aromatic carbocycles. The molecule has 0 N–H and O–H groups in total. The van der Waals surface area contributed by atoms with E-state index in [4.69, 9.17) is 14.6 Å². The summed E-state index contributed by atoms with van der Waals surface area (Å²) in [5.74, 6) is 2.35. The zero-order valence-corrected chi connectivity index (χ0v) is 21.5. The average molecular weight is 444 g/mol. The summed E-state index contributed by atoms with van der Waals surface area (Å²) in [7, 11) is 0. The second-order valence-corrected chi connectivity index (χ2v) is 10.9. The standard InChI is InChI=1S/C29H41BN2O/c1-19(2)25-15-9-16-26(20(3)4)29(25)31-21(5)27-17-10-18-28(32-27)22(6)33-30-23-11-7-12-24(30)14-8-13-23/h9-10,15-20,22-24H,7-8,11-14H2,1-6H3/b31-21+. The van der Waals surface area contributed by atoms with Crippen molar-refractivity contribution in [2.75, 3.05) is 0 Å². The highest BCUT2D eigenvalue weighted by Crippen LogP contribution is 2.47. The number of rotatable bonds is 7. The SMILES string of the molecule is C/C(=N\c1c(C(C)C)cccc1C(C)C)c1cccc(C(C)OB2C3CCCC2CCC3)n1. The number of aromatic nitrogens is 1. The van der Waals surface area contributed by atoms with E-state index < -0.39 is 0 Å². The van der Waals surface area contributed by atoms with Crippen molar-refractivity contribution in [3.63, 3.8) is 0 Å². The molecule has 0 aliphatic carbocycles. The van der Waals surface area contributed by atoms with Crippen LogP contribution in [0.3, 0.4) is 0 Å². The lowest BCUT2D eigenvalue weighted by atomic mass is 9.38. The van der Waals surface area contributed by atoms with E-state index in [2.05, 4.69) is 77.9 Å². The number of aliphatic imine (C=N–C) groups is 1. The van der Waals surface area contributed by atoms with Gasteiger partial charge >= 0.3 is 0 Å². The van der Waals surface area contributed by atoms with Crippen LogP contribution in [-0.4, -0.2) is 17.6 Å². The second kappa shape index (κ2) is 10.6. The van der Waals surface area contributed by atoms with Gasteiger partial charge in [-0.15, -0.1) is 0 Å². The Hall–Kier alpha value is -1.94. The third kappa shape index (κ3) is 5.43. The molecular weight excluding hydrogens is 403 g/mol. The van der Waals surface area contributed by atoms with Crippen molar-refractivity contribution in [3.8, 4) is 0 Å². The lowest BCUT2D eigenvalue weighted by molar-refractivity contribution is 0.192. The molecule has 176 valence electrons. The summed E-state index contributed by atoms with van der Waals surface area (Å²) in [5.41, 5.74) is 6.65. The molecule has 2 aliphatic rings. The summed E-state index contributed by atoms with van der Waals surface area (Å²) < 4.78 is 6.70. The number of pyridine rings is 1. The van der Waals surface area contributed by atoms with Crippen LogP contribution >= 0.6 is 0 Å². The molecule has 2 bridgehead atoms. The maximum atomic E-state index is 6.70. The van der Waals surface area contributed by atoms with Crippen LogP contribution in [-0.2, 0) is 4.65 Å². The predicted molar refractivity (Wildman–Crippen MR) is 141 cm³/mol. The van der Waals surface area contributed by atoms with Crippen molar-refractivity contribution in [3.05, 3.63) is 58.9 Å². The smallest absolute Gasteiger partial charge is 0.300 e. The van der Waals surface area contributed by atoms with Crippen LogP contribution in [0, 0.1) is 0 Å². The van der Waals surface area contributed by atoms with Gasteiger partial charge in [-0.05, 0) is 60.6 Å². The van der Waals surface area contributed by atoms with Crippen LogP contribution < -0.4 is 0 Å². The molecule has 1 atom stereocenters. The Morgan fingerprint density at radius 3 is 1.97 bits per heavy atom. The van der Waals surface area contributed by atoms with Crippen LogP contribution in [0.4, 0.5) is 5.69 Å². The quantitative estimate of drug-likeness (QED) is 0.316. The third-order valence-corrected chi connectivity index (χ3v) is 7.77. The molecule has 1 aromatic heterocycles. The van der Waals surface area contributed by atoms with Gasteiger partial charge in [-0.2, -0.15) is 0 Å². The second-order valence-electron chi connectivity index (χ2n) is 10.9. The minimum Gasteiger partial charge on any atom is -0.427 e. The number of nitrogens with zero attached hydrogens (tertiary/aromatic N) is 2. The average Bonchev–Trinajstić information content (AvgIpc) is 2.78. The minimum absolute atomic E-state index is 0.0122. The van der Waals surface area contributed by atoms with Crippen molar-refractivity contribution in [1.82, 2.24) is 4.98 Å². The predicted octanol–water partition coefficient (Wildman–Crippen LogP) is 8.65. The highest BCUT2D eigenvalue weighted by Gasteiger charge is 2.42. The van der Waals surface area contributed by atoms with Crippen LogP contribution in [0.15, 0.2) is 41.4 Å². The molecule has 33 heavy (non-hydrogen) atoms. The van der Waals surface area contributed by atoms with Gasteiger partial charge in [0, 0.05) is 0 Å². The number of hydrogen-bond donors (Lipinski definition) is 0. The van der Waals surface area contributed by atoms with Gasteiger partial charge in [-0.25, -0.2) is 4.98 Å². The van der Waals surface area contributed by atoms with Gasteiger partial charge < -0.3 is 4.65 Å². The first-order chi connectivity index (χ1) is 15.8. The third-order valence-electron chi connectivity index (χ3n) is 7.77. The molecule has 2 aromatic rings. The number of benzene rings is 1. The molecule has 0 saturated carbocycles. The van der Waals surface area contributed by atoms with E-state index in [0.717, 1.165) is 34.4 Å². The normalized spacial score (nSPS) is 22.2. The molecule has 3 heterocycles. The first-order valence-corrected chi connectivity index (χ1v) is 13.2. The van der Waals surface area contributed by atoms with Crippen LogP contribution in [0.25, 0.3) is 0 Å². The Morgan fingerprint density at radius 2 is 1.42 bits per heavy atom. The van der Waals surface area contributed by atoms with Gasteiger partial charge in [-0.3, -0.25) is 4.99 Å². The zero-order valence-electron chi connectivity index (χ0n) is 21.5. The van der Waals surface area contributed by atoms with Crippen LogP contribution in [0.5, 0.6) is 0 Å². The molecule has 2 aliphatic heterocycles. The summed E-state index contributed by atoms with van der Waals surface area (Å²) in [5, 5.41) is 0. The van der Waals surface area contributed by atoms with E-state index in [-0.39, 0.29) is 6.10 Å². The molecule has 0 spiro atoms. The summed E-state index contributed by atoms with van der Waals surface area (Å²) in [6.45, 7) is 13.6. The monoisotopic (exact) mass is 444 g/mol. The molecule has 3 nitrogen and oxygen atoms in total. The first-order valence-electron chi connectivity index (χ1n) is 13.2. The number of hydrogen-bond acceptors (Lipinski definition) is 3. The van der Waals surface area contributed by atoms with Crippen molar-refractivity contribution in [1.29, 1.82) is 0 Å². The summed E-state index contributed by atoms with van der Waals surface area (Å²) in [6.07, 6.45) is 8.10. The van der Waals surface area contributed by atoms with E-state index in [1.165, 1.54) is 49.7 Å². The highest BCUT2D eigenvalue weighted by molar-refractivity contribution is 6.56. The van der Waals surface area contributed by atoms with Crippen molar-refractivity contribution in [2.24, 2.45) is 4.99 Å². The number of para-hydroxylation sites is 1. The van der Waals surface area contributed by atoms with Crippen molar-refractivity contribution in [2.45, 2.75) is 110 Å². The van der Waals surface area contributed by atoms with Gasteiger partial charge in [0.05, 0.1) is 28.9 Å². The molecule has 2 fully saturated rings. The molecular formula is C29H41BN2O. The lowest BCUT2D eigenvalue weighted by Crippen LogP contribution is -2.38. The van der Waals surface area contributed by atoms with E-state index in [1.54, 1.807) is 0 Å². The van der Waals surface area contributed by atoms with Crippen molar-refractivity contribution < 1.29 is 4.65 Å². The summed E-state index contributed by atoms with van der Waals surface area (Å²) >= 11 is 0. The van der Waals surface area contributed by atoms with Crippen LogP contribution in [0.2, 0.25) is 11.6 Å². The fourth-order valence-corrected chi connectivity index (χ4v) is 5.89. The van der Waals surface area contributed by atoms with Gasteiger partial charge in [-0.1, -0.05) is 90.5 Å². The van der Waals surface area contributed by atoms with E-state index >= 15 is 0 Å². The molecule has 4 rings (SSSR count). The molecule has 1 unspecified atom stereocenters. The Labute approximate surface area is 201 Å². The van der Waals surface area contributed by atoms with E-state index in [0.29, 0.717) is 18.8 Å². The highest BCUT2D eigenvalue weighted by atomic mass is 16.4. The first kappa shape index (κ1) is 24.2. The maximum absolute atomic E-state index is 6.70. The topological polar surface area (TPSA) is 34.5 Å². The fraction of sp³-hybridized carbons (Fsp3) is 0.586. The maximum Gasteiger partial charge on any atom is 0.300 e. The Morgan fingerprint density at radius 1 is 0.879 bits per heavy atom. The molecule has 0 amide bonds. The Kier molecular flexibility index (Phi) is 7.74. The summed E-state index contributed by atoms with van der Waals surface area (Å²) in [4.78, 5) is 10.2. The van der Waals surface area contributed by atoms with Gasteiger partial charge in [0.25, 0.3) is 6.92 Å². The largest absolute Gasteiger partial charge is 0.427 e. The minimum atomic E-state index is 0.0122. The fourth-order valence-electron chi connectivity index (χ4n) is 5.89. The lowest BCUT2D eigenvalue weighted by Gasteiger charge is -2.40. The van der Waals surface area contributed by atoms with Gasteiger partial charge in [0.15, 0.2) is 0 Å². The van der Waals surface area contributed by atoms with Crippen molar-refractivity contribution >= 4 is 18.3 Å². The van der Waals surface area contributed by atoms with E-state index in [9.17, 15) is 0 Å². The zero-order chi connectivity index (χ0) is 23.5. The molecule has 0 radical (unpaired) electrons. The summed E-state index contributed by atoms with van der Waals surface area (Å²) in [6, 6.07) is 12.9. The van der Waals surface area contributed by atoms with Gasteiger partial charge in [0.2, 0.25) is 0 Å². The molecule has 4 heteroatoms. The van der Waals surface area contributed by atoms with E-state index in [1.807, 2.05) is 0 Å². The van der Waals surface area contributed by atoms with Crippen LogP contribution in [0.1, 0.15) is 121 Å². The van der Waals surface area contributed by atoms with Gasteiger partial charge in [0.1, 0.15) is 0 Å².